The van der Waals surface area contributed by atoms with E-state index in [1.165, 1.54) is 37.9 Å². The Balaban J connectivity index is 1.99. The number of benzene rings is 1. The zero-order valence-corrected chi connectivity index (χ0v) is 12.4. The molecule has 3 heteroatoms. The number of ether oxygens (including phenoxy) is 1. The van der Waals surface area contributed by atoms with Gasteiger partial charge in [-0.05, 0) is 44.9 Å². The standard InChI is InChI=1S/C16H26N2O/c1-13(12-14-8-6-7-11-17-14)18(2)15-9-4-5-10-16(15)19-3/h4-5,9-10,13-14,17H,6-8,11-12H2,1-3H3. The Morgan fingerprint density at radius 2 is 2.16 bits per heavy atom. The molecule has 0 aromatic heterocycles. The molecule has 0 spiro atoms. The van der Waals surface area contributed by atoms with E-state index in [1.54, 1.807) is 7.11 Å². The van der Waals surface area contributed by atoms with E-state index in [-0.39, 0.29) is 0 Å². The van der Waals surface area contributed by atoms with Crippen LogP contribution < -0.4 is 15.0 Å². The molecule has 106 valence electrons. The molecule has 19 heavy (non-hydrogen) atoms. The fourth-order valence-electron chi connectivity index (χ4n) is 2.85. The third kappa shape index (κ3) is 3.63. The summed E-state index contributed by atoms with van der Waals surface area (Å²) in [5.41, 5.74) is 1.17. The molecule has 0 aliphatic carbocycles. The van der Waals surface area contributed by atoms with E-state index in [2.05, 4.69) is 36.3 Å². The van der Waals surface area contributed by atoms with E-state index in [4.69, 9.17) is 4.74 Å². The number of methoxy groups -OCH3 is 1. The normalized spacial score (nSPS) is 20.9. The maximum Gasteiger partial charge on any atom is 0.142 e. The van der Waals surface area contributed by atoms with E-state index < -0.39 is 0 Å². The van der Waals surface area contributed by atoms with E-state index in [0.717, 1.165) is 5.75 Å². The molecule has 2 atom stereocenters. The summed E-state index contributed by atoms with van der Waals surface area (Å²) in [4.78, 5) is 2.33. The Hall–Kier alpha value is -1.22. The third-order valence-electron chi connectivity index (χ3n) is 4.16. The van der Waals surface area contributed by atoms with Crippen LogP contribution in [0.5, 0.6) is 5.75 Å². The van der Waals surface area contributed by atoms with Crippen LogP contribution in [0.25, 0.3) is 0 Å². The van der Waals surface area contributed by atoms with Crippen LogP contribution in [0.1, 0.15) is 32.6 Å². The lowest BCUT2D eigenvalue weighted by atomic mass is 9.98. The Morgan fingerprint density at radius 1 is 1.37 bits per heavy atom. The highest BCUT2D eigenvalue weighted by Crippen LogP contribution is 2.29. The van der Waals surface area contributed by atoms with Gasteiger partial charge < -0.3 is 15.0 Å². The minimum atomic E-state index is 0.506. The van der Waals surface area contributed by atoms with Crippen molar-refractivity contribution in [1.29, 1.82) is 0 Å². The molecule has 2 rings (SSSR count). The first-order valence-electron chi connectivity index (χ1n) is 7.31. The molecule has 1 aromatic carbocycles. The van der Waals surface area contributed by atoms with Gasteiger partial charge in [0.05, 0.1) is 12.8 Å². The summed E-state index contributed by atoms with van der Waals surface area (Å²) in [6, 6.07) is 9.41. The van der Waals surface area contributed by atoms with Gasteiger partial charge in [0.2, 0.25) is 0 Å². The first kappa shape index (κ1) is 14.2. The second-order valence-electron chi connectivity index (χ2n) is 5.51. The van der Waals surface area contributed by atoms with Crippen molar-refractivity contribution in [3.8, 4) is 5.75 Å². The van der Waals surface area contributed by atoms with Crippen molar-refractivity contribution >= 4 is 5.69 Å². The molecule has 0 bridgehead atoms. The maximum atomic E-state index is 5.45. The quantitative estimate of drug-likeness (QED) is 0.882. The van der Waals surface area contributed by atoms with Crippen molar-refractivity contribution in [2.45, 2.75) is 44.7 Å². The molecule has 2 unspecified atom stereocenters. The van der Waals surface area contributed by atoms with Crippen LogP contribution in [0.2, 0.25) is 0 Å². The molecule has 1 heterocycles. The SMILES string of the molecule is COc1ccccc1N(C)C(C)CC1CCCCN1. The van der Waals surface area contributed by atoms with Gasteiger partial charge in [0.25, 0.3) is 0 Å². The van der Waals surface area contributed by atoms with Crippen LogP contribution in [0, 0.1) is 0 Å². The molecule has 1 saturated heterocycles. The van der Waals surface area contributed by atoms with E-state index in [1.807, 2.05) is 12.1 Å². The van der Waals surface area contributed by atoms with Crippen LogP contribution in [-0.4, -0.2) is 32.8 Å². The molecule has 1 fully saturated rings. The number of hydrogen-bond acceptors (Lipinski definition) is 3. The minimum Gasteiger partial charge on any atom is -0.495 e. The third-order valence-corrected chi connectivity index (χ3v) is 4.16. The predicted octanol–water partition coefficient (Wildman–Crippen LogP) is 3.05. The summed E-state index contributed by atoms with van der Waals surface area (Å²) in [5.74, 6) is 0.952. The number of para-hydroxylation sites is 2. The lowest BCUT2D eigenvalue weighted by Gasteiger charge is -2.33. The number of hydrogen-bond donors (Lipinski definition) is 1. The van der Waals surface area contributed by atoms with Gasteiger partial charge in [-0.2, -0.15) is 0 Å². The average Bonchev–Trinajstić information content (AvgIpc) is 2.47. The largest absolute Gasteiger partial charge is 0.495 e. The molecule has 0 saturated carbocycles. The zero-order chi connectivity index (χ0) is 13.7. The molecular formula is C16H26N2O. The van der Waals surface area contributed by atoms with Crippen LogP contribution in [0.4, 0.5) is 5.69 Å². The van der Waals surface area contributed by atoms with Gasteiger partial charge in [0.15, 0.2) is 0 Å². The molecule has 1 aliphatic rings. The van der Waals surface area contributed by atoms with Crippen molar-refractivity contribution < 1.29 is 4.74 Å². The number of anilines is 1. The predicted molar refractivity (Wildman–Crippen MR) is 81.1 cm³/mol. The highest BCUT2D eigenvalue weighted by Gasteiger charge is 2.20. The van der Waals surface area contributed by atoms with Gasteiger partial charge in [0, 0.05) is 19.1 Å². The molecule has 1 aliphatic heterocycles. The lowest BCUT2D eigenvalue weighted by Crippen LogP contribution is -2.40. The van der Waals surface area contributed by atoms with E-state index in [0.29, 0.717) is 12.1 Å². The smallest absolute Gasteiger partial charge is 0.142 e. The van der Waals surface area contributed by atoms with Gasteiger partial charge in [-0.1, -0.05) is 18.6 Å². The number of nitrogens with zero attached hydrogens (tertiary/aromatic N) is 1. The summed E-state index contributed by atoms with van der Waals surface area (Å²) in [5, 5.41) is 3.63. The second kappa shape index (κ2) is 6.80. The maximum absolute atomic E-state index is 5.45. The topological polar surface area (TPSA) is 24.5 Å². The number of rotatable bonds is 5. The summed E-state index contributed by atoms with van der Waals surface area (Å²) < 4.78 is 5.45. The van der Waals surface area contributed by atoms with Crippen molar-refractivity contribution in [2.75, 3.05) is 25.6 Å². The Bertz CT molecular complexity index is 388. The van der Waals surface area contributed by atoms with Gasteiger partial charge in [0.1, 0.15) is 5.75 Å². The first-order chi connectivity index (χ1) is 9.22. The summed E-state index contributed by atoms with van der Waals surface area (Å²) in [6.07, 6.45) is 5.19. The van der Waals surface area contributed by atoms with Crippen LogP contribution in [-0.2, 0) is 0 Å². The lowest BCUT2D eigenvalue weighted by molar-refractivity contribution is 0.361. The van der Waals surface area contributed by atoms with E-state index in [9.17, 15) is 0 Å². The molecular weight excluding hydrogens is 236 g/mol. The molecule has 0 radical (unpaired) electrons. The van der Waals surface area contributed by atoms with E-state index >= 15 is 0 Å². The van der Waals surface area contributed by atoms with Gasteiger partial charge in [-0.3, -0.25) is 0 Å². The van der Waals surface area contributed by atoms with Crippen molar-refractivity contribution in [3.05, 3.63) is 24.3 Å². The Labute approximate surface area is 116 Å². The minimum absolute atomic E-state index is 0.506. The Kier molecular flexibility index (Phi) is 5.08. The van der Waals surface area contributed by atoms with Crippen LogP contribution in [0.3, 0.4) is 0 Å². The van der Waals surface area contributed by atoms with Gasteiger partial charge >= 0.3 is 0 Å². The summed E-state index contributed by atoms with van der Waals surface area (Å²) in [6.45, 7) is 3.47. The summed E-state index contributed by atoms with van der Waals surface area (Å²) in [7, 11) is 3.89. The van der Waals surface area contributed by atoms with Gasteiger partial charge in [-0.15, -0.1) is 0 Å². The highest BCUT2D eigenvalue weighted by atomic mass is 16.5. The average molecular weight is 262 g/mol. The van der Waals surface area contributed by atoms with Gasteiger partial charge in [-0.25, -0.2) is 0 Å². The number of piperidine rings is 1. The number of nitrogens with one attached hydrogen (secondary N) is 1. The molecule has 1 N–H and O–H groups in total. The fraction of sp³-hybridized carbons (Fsp3) is 0.625. The Morgan fingerprint density at radius 3 is 2.84 bits per heavy atom. The van der Waals surface area contributed by atoms with Crippen molar-refractivity contribution in [3.63, 3.8) is 0 Å². The highest BCUT2D eigenvalue weighted by molar-refractivity contribution is 5.58. The van der Waals surface area contributed by atoms with Crippen LogP contribution >= 0.6 is 0 Å². The second-order valence-corrected chi connectivity index (χ2v) is 5.51. The van der Waals surface area contributed by atoms with Crippen LogP contribution in [0.15, 0.2) is 24.3 Å². The summed E-state index contributed by atoms with van der Waals surface area (Å²) >= 11 is 0. The monoisotopic (exact) mass is 262 g/mol. The molecule has 3 nitrogen and oxygen atoms in total. The van der Waals surface area contributed by atoms with Crippen molar-refractivity contribution in [1.82, 2.24) is 5.32 Å². The zero-order valence-electron chi connectivity index (χ0n) is 12.4. The fourth-order valence-corrected chi connectivity index (χ4v) is 2.85. The first-order valence-corrected chi connectivity index (χ1v) is 7.31. The molecule has 1 aromatic rings. The van der Waals surface area contributed by atoms with Crippen molar-refractivity contribution in [2.24, 2.45) is 0 Å². The molecule has 0 amide bonds.